The highest BCUT2D eigenvalue weighted by Crippen LogP contribution is 2.09. The summed E-state index contributed by atoms with van der Waals surface area (Å²) in [7, 11) is 0. The van der Waals surface area contributed by atoms with Gasteiger partial charge in [0.05, 0.1) is 0 Å². The molecule has 0 spiro atoms. The average molecular weight is 214 g/mol. The lowest BCUT2D eigenvalue weighted by Gasteiger charge is -2.23. The van der Waals surface area contributed by atoms with Gasteiger partial charge in [0.1, 0.15) is 11.7 Å². The van der Waals surface area contributed by atoms with E-state index in [0.717, 1.165) is 6.92 Å². The lowest BCUT2D eigenvalue weighted by Crippen LogP contribution is -2.52. The predicted octanol–water partition coefficient (Wildman–Crippen LogP) is 0.878. The fourth-order valence-corrected chi connectivity index (χ4v) is 0.637. The minimum atomic E-state index is -1.97. The molecule has 84 valence electrons. The van der Waals surface area contributed by atoms with Crippen LogP contribution >= 0.6 is 0 Å². The van der Waals surface area contributed by atoms with Crippen molar-refractivity contribution >= 4 is 12.1 Å². The second-order valence-corrected chi connectivity index (χ2v) is 4.17. The molecule has 0 aromatic rings. The first-order valence-electron chi connectivity index (χ1n) is 4.26. The molecule has 0 aliphatic heterocycles. The van der Waals surface area contributed by atoms with Gasteiger partial charge >= 0.3 is 12.1 Å². The number of hydrogen-bond acceptors (Lipinski definition) is 4. The van der Waals surface area contributed by atoms with Crippen LogP contribution in [0.5, 0.6) is 0 Å². The number of hydrogen-bond donors (Lipinski definition) is 2. The molecule has 0 saturated heterocycles. The van der Waals surface area contributed by atoms with Crippen molar-refractivity contribution < 1.29 is 19.4 Å². The Balaban J connectivity index is 4.55. The van der Waals surface area contributed by atoms with Crippen LogP contribution in [0.1, 0.15) is 27.7 Å². The van der Waals surface area contributed by atoms with Crippen LogP contribution in [0.3, 0.4) is 0 Å². The molecular weight excluding hydrogens is 200 g/mol. The maximum Gasteiger partial charge on any atom is 0.409 e. The van der Waals surface area contributed by atoms with E-state index in [9.17, 15) is 9.59 Å². The van der Waals surface area contributed by atoms with Crippen LogP contribution in [0.2, 0.25) is 0 Å². The Kier molecular flexibility index (Phi) is 3.68. The smallest absolute Gasteiger partial charge is 0.409 e. The number of nitrogens with one attached hydrogen (secondary N) is 1. The monoisotopic (exact) mass is 214 g/mol. The molecule has 0 radical (unpaired) electrons. The first-order chi connectivity index (χ1) is 6.60. The molecule has 1 amide bonds. The zero-order chi connectivity index (χ0) is 12.3. The Morgan fingerprint density at radius 1 is 1.33 bits per heavy atom. The van der Waals surface area contributed by atoms with E-state index in [2.05, 4.69) is 0 Å². The number of aliphatic carboxylic acids is 1. The number of carbonyl (C=O) groups is 2. The van der Waals surface area contributed by atoms with Gasteiger partial charge in [0.2, 0.25) is 5.54 Å². The Morgan fingerprint density at radius 3 is 2.07 bits per heavy atom. The fourth-order valence-electron chi connectivity index (χ4n) is 0.637. The molecule has 6 nitrogen and oxygen atoms in total. The summed E-state index contributed by atoms with van der Waals surface area (Å²) in [6.45, 7) is 5.99. The number of carboxylic acids is 1. The van der Waals surface area contributed by atoms with Gasteiger partial charge in [-0.2, -0.15) is 5.26 Å². The highest BCUT2D eigenvalue weighted by atomic mass is 16.6. The Morgan fingerprint density at radius 2 is 1.80 bits per heavy atom. The molecule has 0 rings (SSSR count). The van der Waals surface area contributed by atoms with Crippen LogP contribution in [0.4, 0.5) is 4.79 Å². The second-order valence-electron chi connectivity index (χ2n) is 4.17. The van der Waals surface area contributed by atoms with E-state index in [-0.39, 0.29) is 0 Å². The number of nitrogens with zero attached hydrogens (tertiary/aromatic N) is 1. The number of carbonyl (C=O) groups excluding carboxylic acids is 1. The molecule has 0 heterocycles. The van der Waals surface area contributed by atoms with Crippen LogP contribution in [0, 0.1) is 11.3 Å². The van der Waals surface area contributed by atoms with Crippen molar-refractivity contribution in [3.8, 4) is 6.07 Å². The fraction of sp³-hybridized carbons (Fsp3) is 0.667. The Labute approximate surface area is 87.8 Å². The topological polar surface area (TPSA) is 99.4 Å². The lowest BCUT2D eigenvalue weighted by molar-refractivity contribution is -0.141. The SMILES string of the molecule is CC(C)(C)OC(=O)N[C@](C)(C#N)C(=O)O. The predicted molar refractivity (Wildman–Crippen MR) is 51.0 cm³/mol. The number of amides is 1. The number of alkyl carbamates (subject to hydrolysis) is 1. The van der Waals surface area contributed by atoms with Gasteiger partial charge in [-0.05, 0) is 27.7 Å². The highest BCUT2D eigenvalue weighted by Gasteiger charge is 2.36. The van der Waals surface area contributed by atoms with Crippen LogP contribution in [0.15, 0.2) is 0 Å². The van der Waals surface area contributed by atoms with Crippen molar-refractivity contribution in [2.75, 3.05) is 0 Å². The minimum absolute atomic E-state index is 0.737. The number of ether oxygens (including phenoxy) is 1. The van der Waals surface area contributed by atoms with Crippen molar-refractivity contribution in [1.29, 1.82) is 5.26 Å². The van der Waals surface area contributed by atoms with Crippen LogP contribution in [-0.2, 0) is 9.53 Å². The molecule has 0 unspecified atom stereocenters. The van der Waals surface area contributed by atoms with Gasteiger partial charge < -0.3 is 9.84 Å². The van der Waals surface area contributed by atoms with Crippen molar-refractivity contribution in [3.63, 3.8) is 0 Å². The van der Waals surface area contributed by atoms with Crippen molar-refractivity contribution in [2.24, 2.45) is 0 Å². The van der Waals surface area contributed by atoms with Crippen LogP contribution in [-0.4, -0.2) is 28.3 Å². The van der Waals surface area contributed by atoms with Gasteiger partial charge in [0.15, 0.2) is 0 Å². The maximum absolute atomic E-state index is 11.2. The average Bonchev–Trinajstić information content (AvgIpc) is 1.99. The third-order valence-electron chi connectivity index (χ3n) is 1.40. The summed E-state index contributed by atoms with van der Waals surface area (Å²) in [5, 5.41) is 19.3. The summed E-state index contributed by atoms with van der Waals surface area (Å²) in [6, 6.07) is 1.48. The molecule has 0 aromatic heterocycles. The van der Waals surface area contributed by atoms with E-state index in [4.69, 9.17) is 15.1 Å². The van der Waals surface area contributed by atoms with E-state index < -0.39 is 23.2 Å². The summed E-state index contributed by atoms with van der Waals surface area (Å²) in [5.41, 5.74) is -2.71. The lowest BCUT2D eigenvalue weighted by atomic mass is 10.1. The van der Waals surface area contributed by atoms with E-state index >= 15 is 0 Å². The quantitative estimate of drug-likeness (QED) is 0.710. The Hall–Kier alpha value is -1.77. The first kappa shape index (κ1) is 13.2. The van der Waals surface area contributed by atoms with E-state index in [1.54, 1.807) is 20.8 Å². The zero-order valence-corrected chi connectivity index (χ0v) is 9.12. The van der Waals surface area contributed by atoms with Gasteiger partial charge in [-0.1, -0.05) is 0 Å². The molecular formula is C9H14N2O4. The molecule has 0 aliphatic rings. The molecule has 0 fully saturated rings. The molecule has 0 saturated carbocycles. The number of carboxylic acid groups (broad SMARTS) is 1. The van der Waals surface area contributed by atoms with Crippen molar-refractivity contribution in [3.05, 3.63) is 0 Å². The summed E-state index contributed by atoms with van der Waals surface area (Å²) < 4.78 is 4.82. The zero-order valence-electron chi connectivity index (χ0n) is 9.12. The number of nitriles is 1. The van der Waals surface area contributed by atoms with E-state index in [0.29, 0.717) is 0 Å². The van der Waals surface area contributed by atoms with Gasteiger partial charge in [-0.15, -0.1) is 0 Å². The van der Waals surface area contributed by atoms with Gasteiger partial charge in [-0.3, -0.25) is 5.32 Å². The Bertz CT molecular complexity index is 313. The molecule has 0 bridgehead atoms. The van der Waals surface area contributed by atoms with Gasteiger partial charge in [0, 0.05) is 0 Å². The second kappa shape index (κ2) is 4.17. The molecule has 2 N–H and O–H groups in total. The summed E-state index contributed by atoms with van der Waals surface area (Å²) in [6.07, 6.45) is -0.936. The van der Waals surface area contributed by atoms with E-state index in [1.807, 2.05) is 5.32 Å². The standard InChI is InChI=1S/C9H14N2O4/c1-8(2,3)15-7(14)11-9(4,5-10)6(12)13/h1-4H3,(H,11,14)(H,12,13)/t9-/m1/s1. The largest absolute Gasteiger partial charge is 0.479 e. The van der Waals surface area contributed by atoms with Crippen LogP contribution < -0.4 is 5.32 Å². The van der Waals surface area contributed by atoms with Crippen molar-refractivity contribution in [2.45, 2.75) is 38.8 Å². The summed E-state index contributed by atoms with van der Waals surface area (Å²) in [4.78, 5) is 21.9. The molecule has 15 heavy (non-hydrogen) atoms. The molecule has 0 aromatic carbocycles. The third-order valence-corrected chi connectivity index (χ3v) is 1.40. The highest BCUT2D eigenvalue weighted by molar-refractivity contribution is 5.87. The third kappa shape index (κ3) is 4.31. The maximum atomic E-state index is 11.2. The summed E-state index contributed by atoms with van der Waals surface area (Å²) in [5.74, 6) is -1.43. The van der Waals surface area contributed by atoms with Crippen LogP contribution in [0.25, 0.3) is 0 Å². The first-order valence-corrected chi connectivity index (χ1v) is 4.26. The van der Waals surface area contributed by atoms with Gasteiger partial charge in [0.25, 0.3) is 0 Å². The van der Waals surface area contributed by atoms with E-state index in [1.165, 1.54) is 6.07 Å². The summed E-state index contributed by atoms with van der Waals surface area (Å²) >= 11 is 0. The van der Waals surface area contributed by atoms with Crippen molar-refractivity contribution in [1.82, 2.24) is 5.32 Å². The normalized spacial score (nSPS) is 14.6. The minimum Gasteiger partial charge on any atom is -0.479 e. The van der Waals surface area contributed by atoms with Gasteiger partial charge in [-0.25, -0.2) is 9.59 Å². The molecule has 1 atom stereocenters. The molecule has 6 heteroatoms. The number of rotatable bonds is 2. The molecule has 0 aliphatic carbocycles.